The second-order valence-electron chi connectivity index (χ2n) is 5.30. The molecule has 2 aliphatic rings. The number of pyridine rings is 1. The molecule has 0 radical (unpaired) electrons. The van der Waals surface area contributed by atoms with Crippen LogP contribution in [0.4, 0.5) is 0 Å². The van der Waals surface area contributed by atoms with E-state index in [1.807, 2.05) is 0 Å². The molecular weight excluding hydrogens is 336 g/mol. The van der Waals surface area contributed by atoms with Crippen LogP contribution in [0.25, 0.3) is 0 Å². The molecule has 0 saturated carbocycles. The summed E-state index contributed by atoms with van der Waals surface area (Å²) in [4.78, 5) is 35.9. The van der Waals surface area contributed by atoms with Gasteiger partial charge in [-0.2, -0.15) is 0 Å². The average Bonchev–Trinajstić information content (AvgIpc) is 3.18. The third-order valence-corrected chi connectivity index (χ3v) is 3.77. The van der Waals surface area contributed by atoms with E-state index in [9.17, 15) is 14.7 Å². The van der Waals surface area contributed by atoms with E-state index < -0.39 is 24.1 Å². The van der Waals surface area contributed by atoms with Gasteiger partial charge >= 0.3 is 5.97 Å². The third-order valence-electron chi connectivity index (χ3n) is 3.77. The van der Waals surface area contributed by atoms with Gasteiger partial charge in [0.05, 0.1) is 37.5 Å². The molecule has 0 unspecified atom stereocenters. The first kappa shape index (κ1) is 18.8. The summed E-state index contributed by atoms with van der Waals surface area (Å²) in [6, 6.07) is 1.06. The Labute approximate surface area is 142 Å². The zero-order valence-corrected chi connectivity index (χ0v) is 13.3. The molecular formula is C15H18N2O8. The van der Waals surface area contributed by atoms with Crippen molar-refractivity contribution in [1.82, 2.24) is 10.3 Å². The van der Waals surface area contributed by atoms with E-state index >= 15 is 0 Å². The third kappa shape index (κ3) is 4.29. The minimum absolute atomic E-state index is 0.196. The highest BCUT2D eigenvalue weighted by Crippen LogP contribution is 2.27. The van der Waals surface area contributed by atoms with Crippen molar-refractivity contribution in [2.24, 2.45) is 0 Å². The molecule has 10 heteroatoms. The number of aliphatic hydroxyl groups is 1. The maximum absolute atomic E-state index is 12.3. The molecule has 4 atom stereocenters. The Balaban J connectivity index is 0.000000701. The van der Waals surface area contributed by atoms with Gasteiger partial charge in [-0.25, -0.2) is 4.79 Å². The average molecular weight is 354 g/mol. The second kappa shape index (κ2) is 8.51. The lowest BCUT2D eigenvalue weighted by atomic mass is 10.1. The van der Waals surface area contributed by atoms with Crippen LogP contribution in [0.1, 0.15) is 20.7 Å². The molecule has 2 aliphatic heterocycles. The van der Waals surface area contributed by atoms with Crippen LogP contribution in [-0.4, -0.2) is 78.2 Å². The summed E-state index contributed by atoms with van der Waals surface area (Å²) in [6.45, 7) is 0.212. The normalized spacial score (nSPS) is 26.8. The number of carboxylic acid groups (broad SMARTS) is 1. The predicted octanol–water partition coefficient (Wildman–Crippen LogP) is -1.17. The molecule has 0 aromatic carbocycles. The van der Waals surface area contributed by atoms with Crippen molar-refractivity contribution in [1.29, 1.82) is 0 Å². The van der Waals surface area contributed by atoms with E-state index in [2.05, 4.69) is 15.0 Å². The largest absolute Gasteiger partial charge is 0.483 e. The number of hydrogen-bond acceptors (Lipinski definition) is 8. The number of carbonyl (C=O) groups excluding carboxylic acids is 2. The van der Waals surface area contributed by atoms with Crippen LogP contribution in [0, 0.1) is 0 Å². The number of aromatic nitrogens is 1. The fraction of sp³-hybridized carbons (Fsp3) is 0.467. The first-order valence-corrected chi connectivity index (χ1v) is 7.35. The molecule has 1 aromatic heterocycles. The molecule has 3 heterocycles. The smallest absolute Gasteiger partial charge is 0.339 e. The minimum atomic E-state index is -0.670. The molecule has 2 saturated heterocycles. The van der Waals surface area contributed by atoms with Gasteiger partial charge in [-0.15, -0.1) is 0 Å². The van der Waals surface area contributed by atoms with Gasteiger partial charge in [-0.3, -0.25) is 14.6 Å². The Morgan fingerprint density at radius 3 is 2.60 bits per heavy atom. The maximum atomic E-state index is 12.3. The monoisotopic (exact) mass is 354 g/mol. The number of aliphatic hydroxyl groups excluding tert-OH is 1. The number of fused-ring (bicyclic) bond motifs is 1. The van der Waals surface area contributed by atoms with Crippen LogP contribution in [-0.2, 0) is 19.0 Å². The standard InChI is InChI=1S/C14H16N2O6.CH2O2/c1-20-14(19)8-2-7(3-15-4-8)13(18)16-9-5-21-12-10(17)6-22-11(9)12;2-1-3/h2-4,9-12,17H,5-6H2,1H3,(H,16,18);1H,(H,2,3)/t9-,10+,11+,12+;/m0./s1. The van der Waals surface area contributed by atoms with Crippen LogP contribution in [0.15, 0.2) is 18.5 Å². The number of hydrogen-bond donors (Lipinski definition) is 3. The molecule has 3 N–H and O–H groups in total. The van der Waals surface area contributed by atoms with E-state index in [1.54, 1.807) is 0 Å². The highest BCUT2D eigenvalue weighted by Gasteiger charge is 2.47. The molecule has 3 rings (SSSR count). The summed E-state index contributed by atoms with van der Waals surface area (Å²) in [6.07, 6.45) is 1.24. The number of esters is 1. The number of ether oxygens (including phenoxy) is 3. The Morgan fingerprint density at radius 2 is 1.92 bits per heavy atom. The maximum Gasteiger partial charge on any atom is 0.339 e. The molecule has 2 fully saturated rings. The van der Waals surface area contributed by atoms with Crippen molar-refractivity contribution in [2.45, 2.75) is 24.4 Å². The number of rotatable bonds is 3. The summed E-state index contributed by atoms with van der Waals surface area (Å²) >= 11 is 0. The molecule has 0 bridgehead atoms. The highest BCUT2D eigenvalue weighted by atomic mass is 16.6. The van der Waals surface area contributed by atoms with Gasteiger partial charge in [0, 0.05) is 12.4 Å². The molecule has 10 nitrogen and oxygen atoms in total. The Kier molecular flexibility index (Phi) is 6.39. The SMILES string of the molecule is COC(=O)c1cncc(C(=O)N[C@H]2CO[C@H]3[C@@H]2OC[C@H]3O)c1.O=CO. The van der Waals surface area contributed by atoms with Gasteiger partial charge in [-0.05, 0) is 6.07 Å². The van der Waals surface area contributed by atoms with Gasteiger partial charge < -0.3 is 29.7 Å². The van der Waals surface area contributed by atoms with Crippen LogP contribution in [0.2, 0.25) is 0 Å². The molecule has 1 amide bonds. The zero-order chi connectivity index (χ0) is 18.4. The topological polar surface area (TPSA) is 144 Å². The van der Waals surface area contributed by atoms with Crippen molar-refractivity contribution in [3.8, 4) is 0 Å². The lowest BCUT2D eigenvalue weighted by molar-refractivity contribution is -0.122. The van der Waals surface area contributed by atoms with Crippen LogP contribution in [0.5, 0.6) is 0 Å². The Hall–Kier alpha value is -2.56. The van der Waals surface area contributed by atoms with Crippen LogP contribution >= 0.6 is 0 Å². The number of nitrogens with zero attached hydrogens (tertiary/aromatic N) is 1. The van der Waals surface area contributed by atoms with Crippen molar-refractivity contribution < 1.29 is 38.8 Å². The van der Waals surface area contributed by atoms with Crippen molar-refractivity contribution in [3.63, 3.8) is 0 Å². The fourth-order valence-electron chi connectivity index (χ4n) is 2.65. The van der Waals surface area contributed by atoms with E-state index in [0.717, 1.165) is 0 Å². The first-order chi connectivity index (χ1) is 12.0. The van der Waals surface area contributed by atoms with Gasteiger partial charge in [0.25, 0.3) is 12.4 Å². The number of methoxy groups -OCH3 is 1. The van der Waals surface area contributed by atoms with Crippen molar-refractivity contribution in [3.05, 3.63) is 29.6 Å². The fourth-order valence-corrected chi connectivity index (χ4v) is 2.65. The van der Waals surface area contributed by atoms with E-state index in [4.69, 9.17) is 19.4 Å². The first-order valence-electron chi connectivity index (χ1n) is 7.35. The highest BCUT2D eigenvalue weighted by molar-refractivity contribution is 5.97. The van der Waals surface area contributed by atoms with Gasteiger partial charge in [-0.1, -0.05) is 0 Å². The molecule has 1 aromatic rings. The molecule has 0 aliphatic carbocycles. The zero-order valence-electron chi connectivity index (χ0n) is 13.3. The molecule has 136 valence electrons. The summed E-state index contributed by atoms with van der Waals surface area (Å²) in [7, 11) is 1.26. The number of amides is 1. The lowest BCUT2D eigenvalue weighted by Crippen LogP contribution is -2.44. The van der Waals surface area contributed by atoms with Gasteiger partial charge in [0.2, 0.25) is 0 Å². The summed E-state index contributed by atoms with van der Waals surface area (Å²) in [5.74, 6) is -0.953. The van der Waals surface area contributed by atoms with E-state index in [0.29, 0.717) is 0 Å². The summed E-state index contributed by atoms with van der Waals surface area (Å²) in [5.41, 5.74) is 0.438. The number of carbonyl (C=O) groups is 3. The predicted molar refractivity (Wildman–Crippen MR) is 81.0 cm³/mol. The van der Waals surface area contributed by atoms with Gasteiger partial charge in [0.15, 0.2) is 0 Å². The van der Waals surface area contributed by atoms with Gasteiger partial charge in [0.1, 0.15) is 18.3 Å². The van der Waals surface area contributed by atoms with E-state index in [-0.39, 0.29) is 43.0 Å². The van der Waals surface area contributed by atoms with Crippen LogP contribution < -0.4 is 5.32 Å². The minimum Gasteiger partial charge on any atom is -0.483 e. The van der Waals surface area contributed by atoms with E-state index in [1.165, 1.54) is 25.6 Å². The van der Waals surface area contributed by atoms with Crippen molar-refractivity contribution >= 4 is 18.3 Å². The quantitative estimate of drug-likeness (QED) is 0.451. The molecule has 0 spiro atoms. The summed E-state index contributed by atoms with van der Waals surface area (Å²) < 4.78 is 15.5. The Bertz CT molecular complexity index is 638. The molecule has 25 heavy (non-hydrogen) atoms. The summed E-state index contributed by atoms with van der Waals surface area (Å²) in [5, 5.41) is 19.3. The Morgan fingerprint density at radius 1 is 1.28 bits per heavy atom. The second-order valence-corrected chi connectivity index (χ2v) is 5.30. The van der Waals surface area contributed by atoms with Crippen molar-refractivity contribution in [2.75, 3.05) is 20.3 Å². The number of nitrogens with one attached hydrogen (secondary N) is 1. The van der Waals surface area contributed by atoms with Crippen LogP contribution in [0.3, 0.4) is 0 Å². The lowest BCUT2D eigenvalue weighted by Gasteiger charge is -2.17.